The molecule has 1 saturated heterocycles. The van der Waals surface area contributed by atoms with Gasteiger partial charge in [-0.15, -0.1) is 0 Å². The molecular formula is C25H24N2O3. The Bertz CT molecular complexity index is 1160. The van der Waals surface area contributed by atoms with Gasteiger partial charge in [-0.2, -0.15) is 0 Å². The summed E-state index contributed by atoms with van der Waals surface area (Å²) in [6.45, 7) is 0. The fourth-order valence-electron chi connectivity index (χ4n) is 6.19. The molecule has 5 heteroatoms. The second-order valence-corrected chi connectivity index (χ2v) is 8.77. The lowest BCUT2D eigenvalue weighted by Gasteiger charge is -2.41. The van der Waals surface area contributed by atoms with Crippen LogP contribution in [0.4, 0.5) is 5.69 Å². The molecule has 3 aliphatic rings. The molecule has 2 amide bonds. The van der Waals surface area contributed by atoms with Crippen molar-refractivity contribution in [3.63, 3.8) is 0 Å². The molecule has 1 N–H and O–H groups in total. The number of methoxy groups -OCH3 is 1. The number of carbonyl (C=O) groups is 2. The summed E-state index contributed by atoms with van der Waals surface area (Å²) in [7, 11) is 1.61. The predicted octanol–water partition coefficient (Wildman–Crippen LogP) is 4.74. The van der Waals surface area contributed by atoms with Crippen LogP contribution in [0.15, 0.2) is 48.5 Å². The van der Waals surface area contributed by atoms with Crippen molar-refractivity contribution in [1.29, 1.82) is 0 Å². The number of nitrogens with one attached hydrogen (secondary N) is 1. The monoisotopic (exact) mass is 400 g/mol. The van der Waals surface area contributed by atoms with E-state index in [0.29, 0.717) is 17.4 Å². The van der Waals surface area contributed by atoms with Crippen molar-refractivity contribution in [3.05, 3.63) is 59.8 Å². The number of ether oxygens (including phenoxy) is 1. The lowest BCUT2D eigenvalue weighted by Crippen LogP contribution is -2.37. The van der Waals surface area contributed by atoms with E-state index >= 15 is 0 Å². The minimum Gasteiger partial charge on any atom is -0.497 e. The van der Waals surface area contributed by atoms with E-state index in [-0.39, 0.29) is 23.7 Å². The molecule has 0 spiro atoms. The van der Waals surface area contributed by atoms with Crippen LogP contribution in [0, 0.1) is 11.8 Å². The van der Waals surface area contributed by atoms with Crippen LogP contribution in [0.25, 0.3) is 10.9 Å². The Balaban J connectivity index is 1.52. The molecule has 0 radical (unpaired) electrons. The summed E-state index contributed by atoms with van der Waals surface area (Å²) in [5.74, 6) is 0.449. The van der Waals surface area contributed by atoms with Crippen LogP contribution in [-0.4, -0.2) is 23.9 Å². The second-order valence-electron chi connectivity index (χ2n) is 8.77. The van der Waals surface area contributed by atoms with Crippen molar-refractivity contribution in [2.45, 2.75) is 37.5 Å². The molecule has 0 bridgehead atoms. The molecule has 2 aromatic carbocycles. The number of para-hydroxylation sites is 1. The van der Waals surface area contributed by atoms with Crippen LogP contribution in [0.3, 0.4) is 0 Å². The molecule has 3 aromatic rings. The number of benzene rings is 2. The van der Waals surface area contributed by atoms with Crippen LogP contribution in [-0.2, 0) is 9.59 Å². The van der Waals surface area contributed by atoms with Gasteiger partial charge in [0, 0.05) is 16.6 Å². The number of nitrogens with zero attached hydrogens (tertiary/aromatic N) is 1. The second kappa shape index (κ2) is 6.46. The van der Waals surface area contributed by atoms with E-state index < -0.39 is 5.92 Å². The van der Waals surface area contributed by atoms with Crippen molar-refractivity contribution in [1.82, 2.24) is 4.98 Å². The molecular weight excluding hydrogens is 376 g/mol. The minimum absolute atomic E-state index is 0.0450. The first-order chi connectivity index (χ1) is 14.7. The van der Waals surface area contributed by atoms with Crippen molar-refractivity contribution in [2.75, 3.05) is 12.0 Å². The maximum absolute atomic E-state index is 13.7. The van der Waals surface area contributed by atoms with E-state index in [1.165, 1.54) is 22.3 Å². The van der Waals surface area contributed by atoms with Crippen LogP contribution < -0.4 is 9.64 Å². The number of H-pyrrole nitrogens is 1. The number of anilines is 1. The molecule has 6 rings (SSSR count). The average Bonchev–Trinajstić information content (AvgIpc) is 3.29. The third-order valence-electron chi connectivity index (χ3n) is 7.42. The fourth-order valence-corrected chi connectivity index (χ4v) is 6.19. The Morgan fingerprint density at radius 3 is 2.53 bits per heavy atom. The van der Waals surface area contributed by atoms with Gasteiger partial charge in [-0.25, -0.2) is 4.90 Å². The number of carbonyl (C=O) groups excluding carboxylic acids is 2. The highest BCUT2D eigenvalue weighted by molar-refractivity contribution is 6.24. The van der Waals surface area contributed by atoms with Gasteiger partial charge in [0.2, 0.25) is 11.8 Å². The zero-order valence-electron chi connectivity index (χ0n) is 16.9. The summed E-state index contributed by atoms with van der Waals surface area (Å²) in [6, 6.07) is 15.5. The molecule has 30 heavy (non-hydrogen) atoms. The molecule has 4 atom stereocenters. The van der Waals surface area contributed by atoms with Gasteiger partial charge < -0.3 is 9.72 Å². The van der Waals surface area contributed by atoms with Gasteiger partial charge in [0.1, 0.15) is 5.75 Å². The summed E-state index contributed by atoms with van der Waals surface area (Å²) in [4.78, 5) is 32.3. The lowest BCUT2D eigenvalue weighted by molar-refractivity contribution is -0.123. The summed E-state index contributed by atoms with van der Waals surface area (Å²) in [5, 5.41) is 1.21. The zero-order chi connectivity index (χ0) is 20.4. The van der Waals surface area contributed by atoms with Gasteiger partial charge in [-0.3, -0.25) is 9.59 Å². The largest absolute Gasteiger partial charge is 0.497 e. The quantitative estimate of drug-likeness (QED) is 0.632. The van der Waals surface area contributed by atoms with Crippen LogP contribution in [0.2, 0.25) is 0 Å². The highest BCUT2D eigenvalue weighted by atomic mass is 16.5. The first-order valence-electron chi connectivity index (χ1n) is 10.8. The summed E-state index contributed by atoms with van der Waals surface area (Å²) in [5.41, 5.74) is 3.95. The smallest absolute Gasteiger partial charge is 0.243 e. The predicted molar refractivity (Wildman–Crippen MR) is 115 cm³/mol. The first kappa shape index (κ1) is 17.8. The van der Waals surface area contributed by atoms with E-state index in [9.17, 15) is 9.59 Å². The van der Waals surface area contributed by atoms with Gasteiger partial charge in [-0.05, 0) is 60.6 Å². The summed E-state index contributed by atoms with van der Waals surface area (Å²) >= 11 is 0. The minimum atomic E-state index is -0.415. The molecule has 1 aliphatic heterocycles. The Labute approximate surface area is 175 Å². The maximum Gasteiger partial charge on any atom is 0.243 e. The van der Waals surface area contributed by atoms with Crippen molar-refractivity contribution >= 4 is 28.4 Å². The molecule has 2 fully saturated rings. The maximum atomic E-state index is 13.7. The Hall–Kier alpha value is -3.08. The average molecular weight is 400 g/mol. The Morgan fingerprint density at radius 2 is 1.73 bits per heavy atom. The normalized spacial score (nSPS) is 27.7. The van der Waals surface area contributed by atoms with Gasteiger partial charge >= 0.3 is 0 Å². The number of hydrogen-bond donors (Lipinski definition) is 1. The first-order valence-corrected chi connectivity index (χ1v) is 10.8. The summed E-state index contributed by atoms with van der Waals surface area (Å²) in [6.07, 6.45) is 4.42. The molecule has 2 heterocycles. The van der Waals surface area contributed by atoms with Crippen LogP contribution in [0.1, 0.15) is 48.8 Å². The SMILES string of the molecule is COc1ccc(N2C(=O)[C@H]3[C@H]4CCCC[C@H]4c4c([nH]c5ccccc45)[C@@H]3C2=O)cc1. The number of aromatic nitrogens is 1. The van der Waals surface area contributed by atoms with E-state index in [0.717, 1.165) is 30.5 Å². The zero-order valence-corrected chi connectivity index (χ0v) is 16.9. The highest BCUT2D eigenvalue weighted by Crippen LogP contribution is 2.57. The van der Waals surface area contributed by atoms with Gasteiger partial charge in [0.05, 0.1) is 24.6 Å². The third-order valence-corrected chi connectivity index (χ3v) is 7.42. The number of imide groups is 1. The molecule has 5 nitrogen and oxygen atoms in total. The van der Waals surface area contributed by atoms with Crippen molar-refractivity contribution in [3.8, 4) is 5.75 Å². The Kier molecular flexibility index (Phi) is 3.82. The topological polar surface area (TPSA) is 62.4 Å². The third kappa shape index (κ3) is 2.29. The number of rotatable bonds is 2. The fraction of sp³-hybridized carbons (Fsp3) is 0.360. The number of hydrogen-bond acceptors (Lipinski definition) is 3. The van der Waals surface area contributed by atoms with E-state index in [2.05, 4.69) is 23.2 Å². The standard InChI is InChI=1S/C25H24N2O3/c1-30-15-12-10-14(11-13-15)27-24(28)21-17-7-3-2-6-16(17)20-18-8-4-5-9-19(18)26-23(20)22(21)25(27)29/h4-5,8-13,16-17,21-22,26H,2-3,6-7H2,1H3/t16-,17+,21+,22-/m1/s1. The number of amides is 2. The number of fused-ring (bicyclic) bond motifs is 8. The van der Waals surface area contributed by atoms with Crippen molar-refractivity contribution < 1.29 is 14.3 Å². The van der Waals surface area contributed by atoms with E-state index in [1.807, 2.05) is 6.07 Å². The molecule has 0 unspecified atom stereocenters. The van der Waals surface area contributed by atoms with Crippen LogP contribution in [0.5, 0.6) is 5.75 Å². The Morgan fingerprint density at radius 1 is 0.967 bits per heavy atom. The number of aromatic amines is 1. The van der Waals surface area contributed by atoms with Crippen LogP contribution >= 0.6 is 0 Å². The molecule has 2 aliphatic carbocycles. The van der Waals surface area contributed by atoms with E-state index in [1.54, 1.807) is 31.4 Å². The molecule has 1 aromatic heterocycles. The lowest BCUT2D eigenvalue weighted by atomic mass is 9.61. The molecule has 1 saturated carbocycles. The van der Waals surface area contributed by atoms with Gasteiger partial charge in [0.25, 0.3) is 0 Å². The van der Waals surface area contributed by atoms with Gasteiger partial charge in [-0.1, -0.05) is 31.0 Å². The van der Waals surface area contributed by atoms with Gasteiger partial charge in [0.15, 0.2) is 0 Å². The van der Waals surface area contributed by atoms with Crippen molar-refractivity contribution in [2.24, 2.45) is 11.8 Å². The summed E-state index contributed by atoms with van der Waals surface area (Å²) < 4.78 is 5.24. The van der Waals surface area contributed by atoms with E-state index in [4.69, 9.17) is 4.74 Å². The highest BCUT2D eigenvalue weighted by Gasteiger charge is 2.58. The molecule has 152 valence electrons.